The zero-order chi connectivity index (χ0) is 14.4. The molecule has 7 nitrogen and oxygen atoms in total. The van der Waals surface area contributed by atoms with E-state index in [0.717, 1.165) is 12.0 Å². The Balaban J connectivity index is 2.23. The summed E-state index contributed by atoms with van der Waals surface area (Å²) in [4.78, 5) is 12.3. The average molecular weight is 274 g/mol. The second-order valence-electron chi connectivity index (χ2n) is 4.13. The van der Waals surface area contributed by atoms with E-state index in [2.05, 4.69) is 44.8 Å². The monoisotopic (exact) mass is 274 g/mol. The number of ether oxygens (including phenoxy) is 1. The Morgan fingerprint density at radius 1 is 1.15 bits per heavy atom. The molecule has 2 aromatic rings. The van der Waals surface area contributed by atoms with Gasteiger partial charge in [0, 0.05) is 0 Å². The molecule has 0 saturated heterocycles. The van der Waals surface area contributed by atoms with Crippen LogP contribution in [0.15, 0.2) is 30.3 Å². The first-order valence-corrected chi connectivity index (χ1v) is 6.35. The lowest BCUT2D eigenvalue weighted by molar-refractivity contribution is 0.379. The molecule has 0 bridgehead atoms. The molecule has 0 fully saturated rings. The van der Waals surface area contributed by atoms with E-state index in [1.807, 2.05) is 18.2 Å². The molecule has 0 aliphatic rings. The first-order valence-electron chi connectivity index (χ1n) is 6.35. The number of hydrogen-bond acceptors (Lipinski definition) is 7. The number of rotatable bonds is 6. The molecule has 1 heterocycles. The maximum Gasteiger partial charge on any atom is 0.322 e. The van der Waals surface area contributed by atoms with Gasteiger partial charge in [-0.1, -0.05) is 37.3 Å². The molecular formula is C13H18N6O. The van der Waals surface area contributed by atoms with E-state index in [-0.39, 0.29) is 18.0 Å². The maximum absolute atomic E-state index is 5.33. The fourth-order valence-electron chi connectivity index (χ4n) is 1.84. The number of nitrogen functional groups attached to an aromatic ring is 1. The van der Waals surface area contributed by atoms with Crippen LogP contribution in [-0.2, 0) is 0 Å². The predicted molar refractivity (Wildman–Crippen MR) is 77.3 cm³/mol. The molecule has 4 N–H and O–H groups in total. The Kier molecular flexibility index (Phi) is 4.67. The van der Waals surface area contributed by atoms with Crippen molar-refractivity contribution in [3.8, 4) is 6.01 Å². The second-order valence-corrected chi connectivity index (χ2v) is 4.13. The van der Waals surface area contributed by atoms with Crippen LogP contribution in [0, 0.1) is 0 Å². The lowest BCUT2D eigenvalue weighted by Gasteiger charge is -2.17. The van der Waals surface area contributed by atoms with Gasteiger partial charge in [0.25, 0.3) is 0 Å². The lowest BCUT2D eigenvalue weighted by Crippen LogP contribution is -2.16. The molecule has 1 aromatic carbocycles. The van der Waals surface area contributed by atoms with Crippen LogP contribution in [0.4, 0.5) is 11.9 Å². The first kappa shape index (κ1) is 14.0. The van der Waals surface area contributed by atoms with E-state index in [4.69, 9.17) is 10.6 Å². The Bertz CT molecular complexity index is 526. The van der Waals surface area contributed by atoms with Gasteiger partial charge in [0.15, 0.2) is 0 Å². The number of hydrogen-bond donors (Lipinski definition) is 3. The molecule has 0 saturated carbocycles. The number of aromatic nitrogens is 3. The summed E-state index contributed by atoms with van der Waals surface area (Å²) in [5.41, 5.74) is 3.55. The molecule has 1 atom stereocenters. The molecule has 1 aromatic heterocycles. The van der Waals surface area contributed by atoms with Crippen molar-refractivity contribution in [2.24, 2.45) is 5.84 Å². The number of nitrogens with zero attached hydrogens (tertiary/aromatic N) is 3. The predicted octanol–water partition coefficient (Wildman–Crippen LogP) is 1.73. The van der Waals surface area contributed by atoms with Crippen molar-refractivity contribution in [3.63, 3.8) is 0 Å². The highest BCUT2D eigenvalue weighted by molar-refractivity contribution is 5.38. The molecule has 0 amide bonds. The van der Waals surface area contributed by atoms with Gasteiger partial charge in [0.1, 0.15) is 0 Å². The van der Waals surface area contributed by atoms with Gasteiger partial charge in [0.05, 0.1) is 13.2 Å². The van der Waals surface area contributed by atoms with Crippen molar-refractivity contribution in [2.45, 2.75) is 19.4 Å². The van der Waals surface area contributed by atoms with Crippen LogP contribution >= 0.6 is 0 Å². The van der Waals surface area contributed by atoms with Gasteiger partial charge in [0.2, 0.25) is 11.9 Å². The number of nitrogens with two attached hydrogens (primary N) is 1. The van der Waals surface area contributed by atoms with Gasteiger partial charge >= 0.3 is 6.01 Å². The van der Waals surface area contributed by atoms with Crippen molar-refractivity contribution >= 4 is 11.9 Å². The van der Waals surface area contributed by atoms with E-state index in [0.29, 0.717) is 5.95 Å². The summed E-state index contributed by atoms with van der Waals surface area (Å²) in [5.74, 6) is 6.00. The molecule has 1 unspecified atom stereocenters. The van der Waals surface area contributed by atoms with Crippen LogP contribution in [0.5, 0.6) is 6.01 Å². The van der Waals surface area contributed by atoms with E-state index < -0.39 is 0 Å². The van der Waals surface area contributed by atoms with Crippen LogP contribution in [0.3, 0.4) is 0 Å². The molecule has 0 radical (unpaired) electrons. The number of hydrazine groups is 1. The number of methoxy groups -OCH3 is 1. The summed E-state index contributed by atoms with van der Waals surface area (Å²) in [6, 6.07) is 10.4. The summed E-state index contributed by atoms with van der Waals surface area (Å²) in [5, 5.41) is 3.26. The van der Waals surface area contributed by atoms with Gasteiger partial charge in [-0.25, -0.2) is 5.84 Å². The van der Waals surface area contributed by atoms with E-state index in [9.17, 15) is 0 Å². The molecule has 0 aliphatic heterocycles. The molecule has 106 valence electrons. The highest BCUT2D eigenvalue weighted by Gasteiger charge is 2.12. The fourth-order valence-corrected chi connectivity index (χ4v) is 1.84. The Hall–Kier alpha value is -2.41. The summed E-state index contributed by atoms with van der Waals surface area (Å²) >= 11 is 0. The minimum atomic E-state index is 0.105. The molecule has 2 rings (SSSR count). The number of anilines is 2. The Labute approximate surface area is 117 Å². The summed E-state index contributed by atoms with van der Waals surface area (Å²) in [7, 11) is 1.49. The van der Waals surface area contributed by atoms with Gasteiger partial charge < -0.3 is 10.1 Å². The van der Waals surface area contributed by atoms with Crippen molar-refractivity contribution in [3.05, 3.63) is 35.9 Å². The highest BCUT2D eigenvalue weighted by Crippen LogP contribution is 2.21. The zero-order valence-electron chi connectivity index (χ0n) is 11.5. The van der Waals surface area contributed by atoms with Gasteiger partial charge in [-0.05, 0) is 12.0 Å². The standard InChI is InChI=1S/C13H18N6O/c1-3-10(9-7-5-4-6-8-9)15-11-16-12(19-14)18-13(17-11)20-2/h4-8,10H,3,14H2,1-2H3,(H2,15,16,17,18,19). The first-order chi connectivity index (χ1) is 9.76. The van der Waals surface area contributed by atoms with Crippen molar-refractivity contribution < 1.29 is 4.74 Å². The average Bonchev–Trinajstić information content (AvgIpc) is 2.53. The third-order valence-electron chi connectivity index (χ3n) is 2.84. The van der Waals surface area contributed by atoms with Crippen molar-refractivity contribution in [2.75, 3.05) is 17.9 Å². The summed E-state index contributed by atoms with van der Waals surface area (Å²) in [6.45, 7) is 2.09. The largest absolute Gasteiger partial charge is 0.467 e. The molecule has 7 heteroatoms. The topological polar surface area (TPSA) is 98.0 Å². The van der Waals surface area contributed by atoms with Crippen LogP contribution in [0.25, 0.3) is 0 Å². The minimum Gasteiger partial charge on any atom is -0.467 e. The molecule has 0 aliphatic carbocycles. The van der Waals surface area contributed by atoms with Gasteiger partial charge in [-0.3, -0.25) is 5.43 Å². The Morgan fingerprint density at radius 3 is 2.45 bits per heavy atom. The number of benzene rings is 1. The molecular weight excluding hydrogens is 256 g/mol. The Morgan fingerprint density at radius 2 is 1.85 bits per heavy atom. The van der Waals surface area contributed by atoms with Crippen LogP contribution in [-0.4, -0.2) is 22.1 Å². The van der Waals surface area contributed by atoms with E-state index in [1.54, 1.807) is 0 Å². The van der Waals surface area contributed by atoms with Crippen molar-refractivity contribution in [1.82, 2.24) is 15.0 Å². The molecule has 0 spiro atoms. The highest BCUT2D eigenvalue weighted by atomic mass is 16.5. The van der Waals surface area contributed by atoms with Gasteiger partial charge in [-0.15, -0.1) is 0 Å². The van der Waals surface area contributed by atoms with E-state index in [1.165, 1.54) is 7.11 Å². The lowest BCUT2D eigenvalue weighted by atomic mass is 10.1. The minimum absolute atomic E-state index is 0.105. The van der Waals surface area contributed by atoms with Crippen LogP contribution < -0.4 is 21.3 Å². The molecule has 20 heavy (non-hydrogen) atoms. The van der Waals surface area contributed by atoms with Crippen LogP contribution in [0.1, 0.15) is 24.9 Å². The number of nitrogens with one attached hydrogen (secondary N) is 2. The fraction of sp³-hybridized carbons (Fsp3) is 0.308. The third kappa shape index (κ3) is 3.33. The second kappa shape index (κ2) is 6.67. The normalized spacial score (nSPS) is 11.8. The summed E-state index contributed by atoms with van der Waals surface area (Å²) in [6.07, 6.45) is 0.892. The van der Waals surface area contributed by atoms with E-state index >= 15 is 0 Å². The maximum atomic E-state index is 5.33. The van der Waals surface area contributed by atoms with Crippen molar-refractivity contribution in [1.29, 1.82) is 0 Å². The zero-order valence-corrected chi connectivity index (χ0v) is 11.5. The quantitative estimate of drug-likeness (QED) is 0.545. The van der Waals surface area contributed by atoms with Gasteiger partial charge in [-0.2, -0.15) is 15.0 Å². The summed E-state index contributed by atoms with van der Waals surface area (Å²) < 4.78 is 5.02. The third-order valence-corrected chi connectivity index (χ3v) is 2.84. The van der Waals surface area contributed by atoms with Crippen LogP contribution in [0.2, 0.25) is 0 Å². The smallest absolute Gasteiger partial charge is 0.322 e. The SMILES string of the molecule is CCC(Nc1nc(NN)nc(OC)n1)c1ccccc1.